The molecule has 1 rings (SSSR count). The zero-order chi connectivity index (χ0) is 13.9. The number of nitrogens with one attached hydrogen (secondary N) is 1. The van der Waals surface area contributed by atoms with Crippen LogP contribution in [0.1, 0.15) is 5.56 Å². The highest BCUT2D eigenvalue weighted by molar-refractivity contribution is 6.33. The zero-order valence-corrected chi connectivity index (χ0v) is 9.31. The molecular formula is C10H5ClF4N2O. The number of anilines is 1. The SMILES string of the molecule is N#Cc1ccc(Cl)c(NC(=O)C(F)(F)C(F)F)c1. The molecule has 0 saturated carbocycles. The lowest BCUT2D eigenvalue weighted by Gasteiger charge is -2.15. The molecule has 18 heavy (non-hydrogen) atoms. The quantitative estimate of drug-likeness (QED) is 0.865. The van der Waals surface area contributed by atoms with Crippen LogP contribution in [0.3, 0.4) is 0 Å². The minimum absolute atomic E-state index is 0.0371. The van der Waals surface area contributed by atoms with Gasteiger partial charge in [0, 0.05) is 0 Å². The molecule has 0 aliphatic rings. The number of alkyl halides is 4. The fourth-order valence-electron chi connectivity index (χ4n) is 0.995. The fourth-order valence-corrected chi connectivity index (χ4v) is 1.16. The van der Waals surface area contributed by atoms with Gasteiger partial charge in [-0.1, -0.05) is 11.6 Å². The first kappa shape index (κ1) is 14.3. The number of carbonyl (C=O) groups is 1. The van der Waals surface area contributed by atoms with Crippen molar-refractivity contribution in [2.75, 3.05) is 5.32 Å². The summed E-state index contributed by atoms with van der Waals surface area (Å²) in [5.41, 5.74) is -0.295. The average Bonchev–Trinajstić information content (AvgIpc) is 2.31. The van der Waals surface area contributed by atoms with Crippen molar-refractivity contribution in [1.29, 1.82) is 5.26 Å². The largest absolute Gasteiger partial charge is 0.383 e. The van der Waals surface area contributed by atoms with Crippen LogP contribution in [0.5, 0.6) is 0 Å². The number of rotatable bonds is 3. The topological polar surface area (TPSA) is 52.9 Å². The molecular weight excluding hydrogens is 276 g/mol. The number of benzene rings is 1. The van der Waals surface area contributed by atoms with Gasteiger partial charge in [-0.3, -0.25) is 4.79 Å². The van der Waals surface area contributed by atoms with E-state index in [2.05, 4.69) is 0 Å². The lowest BCUT2D eigenvalue weighted by molar-refractivity contribution is -0.163. The second kappa shape index (κ2) is 5.23. The van der Waals surface area contributed by atoms with Gasteiger partial charge in [-0.15, -0.1) is 0 Å². The van der Waals surface area contributed by atoms with E-state index in [4.69, 9.17) is 16.9 Å². The molecule has 96 valence electrons. The lowest BCUT2D eigenvalue weighted by Crippen LogP contribution is -2.41. The molecule has 0 atom stereocenters. The molecule has 0 unspecified atom stereocenters. The Hall–Kier alpha value is -1.81. The van der Waals surface area contributed by atoms with Crippen LogP contribution < -0.4 is 5.32 Å². The molecule has 0 saturated heterocycles. The van der Waals surface area contributed by atoms with Crippen LogP contribution >= 0.6 is 11.6 Å². The number of halogens is 5. The standard InChI is InChI=1S/C10H5ClF4N2O/c11-6-2-1-5(4-16)3-7(6)17-9(18)10(14,15)8(12)13/h1-3,8H,(H,17,18). The summed E-state index contributed by atoms with van der Waals surface area (Å²) in [6.07, 6.45) is -4.13. The third kappa shape index (κ3) is 2.90. The van der Waals surface area contributed by atoms with E-state index >= 15 is 0 Å². The van der Waals surface area contributed by atoms with Crippen molar-refractivity contribution in [3.05, 3.63) is 28.8 Å². The van der Waals surface area contributed by atoms with E-state index < -0.39 is 18.3 Å². The molecule has 0 spiro atoms. The Morgan fingerprint density at radius 3 is 2.56 bits per heavy atom. The van der Waals surface area contributed by atoms with Gasteiger partial charge in [0.15, 0.2) is 0 Å². The van der Waals surface area contributed by atoms with Crippen LogP contribution in [0, 0.1) is 11.3 Å². The van der Waals surface area contributed by atoms with Crippen molar-refractivity contribution >= 4 is 23.2 Å². The Labute approximate surface area is 104 Å². The summed E-state index contributed by atoms with van der Waals surface area (Å²) in [5, 5.41) is 9.97. The van der Waals surface area contributed by atoms with Gasteiger partial charge in [-0.05, 0) is 18.2 Å². The molecule has 0 radical (unpaired) electrons. The van der Waals surface area contributed by atoms with Crippen molar-refractivity contribution < 1.29 is 22.4 Å². The predicted molar refractivity (Wildman–Crippen MR) is 55.7 cm³/mol. The molecule has 8 heteroatoms. The summed E-state index contributed by atoms with van der Waals surface area (Å²) < 4.78 is 49.2. The van der Waals surface area contributed by atoms with Crippen molar-refractivity contribution in [3.63, 3.8) is 0 Å². The van der Waals surface area contributed by atoms with Crippen LogP contribution in [-0.2, 0) is 4.79 Å². The zero-order valence-electron chi connectivity index (χ0n) is 8.55. The van der Waals surface area contributed by atoms with E-state index in [9.17, 15) is 22.4 Å². The van der Waals surface area contributed by atoms with Crippen molar-refractivity contribution in [2.45, 2.75) is 12.3 Å². The monoisotopic (exact) mass is 280 g/mol. The number of hydrogen-bond acceptors (Lipinski definition) is 2. The maximum atomic E-state index is 12.7. The van der Waals surface area contributed by atoms with Gasteiger partial charge in [-0.25, -0.2) is 8.78 Å². The molecule has 1 aromatic carbocycles. The molecule has 1 N–H and O–H groups in total. The molecule has 0 aliphatic heterocycles. The van der Waals surface area contributed by atoms with Gasteiger partial charge in [0.05, 0.1) is 22.3 Å². The van der Waals surface area contributed by atoms with Crippen LogP contribution in [0.15, 0.2) is 18.2 Å². The number of nitriles is 1. The third-order valence-corrected chi connectivity index (χ3v) is 2.25. The summed E-state index contributed by atoms with van der Waals surface area (Å²) in [7, 11) is 0. The van der Waals surface area contributed by atoms with E-state index in [0.717, 1.165) is 6.07 Å². The van der Waals surface area contributed by atoms with E-state index in [1.165, 1.54) is 12.1 Å². The molecule has 0 bridgehead atoms. The number of nitrogens with zero attached hydrogens (tertiary/aromatic N) is 1. The molecule has 0 fully saturated rings. The smallest absolute Gasteiger partial charge is 0.319 e. The molecule has 3 nitrogen and oxygen atoms in total. The van der Waals surface area contributed by atoms with Crippen LogP contribution in [0.2, 0.25) is 5.02 Å². The Balaban J connectivity index is 2.99. The highest BCUT2D eigenvalue weighted by Crippen LogP contribution is 2.28. The minimum atomic E-state index is -4.83. The minimum Gasteiger partial charge on any atom is -0.319 e. The summed E-state index contributed by atoms with van der Waals surface area (Å²) in [6, 6.07) is 5.14. The average molecular weight is 281 g/mol. The normalized spacial score (nSPS) is 11.2. The fraction of sp³-hybridized carbons (Fsp3) is 0.200. The molecule has 0 aliphatic carbocycles. The maximum absolute atomic E-state index is 12.7. The lowest BCUT2D eigenvalue weighted by atomic mass is 10.2. The Morgan fingerprint density at radius 1 is 1.44 bits per heavy atom. The first-order valence-electron chi connectivity index (χ1n) is 4.46. The maximum Gasteiger partial charge on any atom is 0.383 e. The molecule has 0 aromatic heterocycles. The van der Waals surface area contributed by atoms with Gasteiger partial charge in [-0.2, -0.15) is 14.0 Å². The summed E-state index contributed by atoms with van der Waals surface area (Å²) in [4.78, 5) is 10.9. The van der Waals surface area contributed by atoms with Gasteiger partial charge in [0.25, 0.3) is 0 Å². The number of carbonyl (C=O) groups excluding carboxylic acids is 1. The van der Waals surface area contributed by atoms with Gasteiger partial charge >= 0.3 is 18.3 Å². The summed E-state index contributed by atoms with van der Waals surface area (Å²) in [5.74, 6) is -7.01. The van der Waals surface area contributed by atoms with Gasteiger partial charge < -0.3 is 5.32 Å². The first-order chi connectivity index (χ1) is 8.28. The van der Waals surface area contributed by atoms with E-state index in [1.807, 2.05) is 0 Å². The molecule has 0 heterocycles. The number of amides is 1. The third-order valence-electron chi connectivity index (χ3n) is 1.92. The van der Waals surface area contributed by atoms with E-state index in [1.54, 1.807) is 11.4 Å². The van der Waals surface area contributed by atoms with Crippen LogP contribution in [0.4, 0.5) is 23.2 Å². The predicted octanol–water partition coefficient (Wildman–Crippen LogP) is 3.05. The van der Waals surface area contributed by atoms with Crippen molar-refractivity contribution in [3.8, 4) is 6.07 Å². The van der Waals surface area contributed by atoms with Crippen LogP contribution in [0.25, 0.3) is 0 Å². The number of hydrogen-bond donors (Lipinski definition) is 1. The van der Waals surface area contributed by atoms with Crippen LogP contribution in [-0.4, -0.2) is 18.3 Å². The van der Waals surface area contributed by atoms with Gasteiger partial charge in [0.1, 0.15) is 0 Å². The summed E-state index contributed by atoms with van der Waals surface area (Å²) in [6.45, 7) is 0. The first-order valence-corrected chi connectivity index (χ1v) is 4.84. The van der Waals surface area contributed by atoms with Crippen molar-refractivity contribution in [2.24, 2.45) is 0 Å². The van der Waals surface area contributed by atoms with E-state index in [0.29, 0.717) is 0 Å². The Kier molecular flexibility index (Phi) is 4.14. The second-order valence-electron chi connectivity index (χ2n) is 3.18. The van der Waals surface area contributed by atoms with Gasteiger partial charge in [0.2, 0.25) is 0 Å². The second-order valence-corrected chi connectivity index (χ2v) is 3.59. The molecule has 1 amide bonds. The highest BCUT2D eigenvalue weighted by atomic mass is 35.5. The Bertz CT molecular complexity index is 513. The molecule has 1 aromatic rings. The Morgan fingerprint density at radius 2 is 2.06 bits per heavy atom. The highest BCUT2D eigenvalue weighted by Gasteiger charge is 2.49. The van der Waals surface area contributed by atoms with E-state index in [-0.39, 0.29) is 16.3 Å². The van der Waals surface area contributed by atoms with Crippen molar-refractivity contribution in [1.82, 2.24) is 0 Å². The summed E-state index contributed by atoms with van der Waals surface area (Å²) >= 11 is 5.57.